The van der Waals surface area contributed by atoms with E-state index in [2.05, 4.69) is 10.1 Å². The summed E-state index contributed by atoms with van der Waals surface area (Å²) in [6, 6.07) is 9.63. The smallest absolute Gasteiger partial charge is 0.233 e. The second-order valence-corrected chi connectivity index (χ2v) is 5.40. The monoisotopic (exact) mass is 290 g/mol. The van der Waals surface area contributed by atoms with Crippen molar-refractivity contribution in [2.75, 3.05) is 33.2 Å². The molecule has 0 aromatic heterocycles. The van der Waals surface area contributed by atoms with E-state index in [0.717, 1.165) is 18.7 Å². The molecule has 1 aliphatic heterocycles. The zero-order valence-corrected chi connectivity index (χ0v) is 12.3. The topological polar surface area (TPSA) is 82.2 Å². The van der Waals surface area contributed by atoms with Crippen LogP contribution in [0.15, 0.2) is 35.5 Å². The molecule has 1 aliphatic rings. The molecule has 0 saturated carbocycles. The van der Waals surface area contributed by atoms with E-state index in [1.807, 2.05) is 37.4 Å². The standard InChI is InChI=1S/C15H22N4O2/c1-18-7-9-19(10-8-18)15(20)13(14(16)17-21)11-12-5-3-2-4-6-12/h2-6,13,21H,7-11H2,1H3,(H2,16,17). The Kier molecular flexibility index (Phi) is 5.16. The van der Waals surface area contributed by atoms with E-state index in [4.69, 9.17) is 10.9 Å². The highest BCUT2D eigenvalue weighted by atomic mass is 16.4. The Hall–Kier alpha value is -2.08. The molecule has 0 bridgehead atoms. The summed E-state index contributed by atoms with van der Waals surface area (Å²) in [5.41, 5.74) is 6.74. The average Bonchev–Trinajstić information content (AvgIpc) is 2.53. The number of hydrogen-bond donors (Lipinski definition) is 2. The van der Waals surface area contributed by atoms with Crippen molar-refractivity contribution in [1.29, 1.82) is 0 Å². The van der Waals surface area contributed by atoms with Gasteiger partial charge in [0.05, 0.1) is 0 Å². The van der Waals surface area contributed by atoms with Crippen molar-refractivity contribution in [1.82, 2.24) is 9.80 Å². The van der Waals surface area contributed by atoms with Gasteiger partial charge in [-0.15, -0.1) is 0 Å². The minimum atomic E-state index is -0.610. The average molecular weight is 290 g/mol. The Labute approximate surface area is 124 Å². The predicted molar refractivity (Wildman–Crippen MR) is 81.1 cm³/mol. The van der Waals surface area contributed by atoms with Crippen LogP contribution < -0.4 is 5.73 Å². The van der Waals surface area contributed by atoms with Crippen molar-refractivity contribution in [2.24, 2.45) is 16.8 Å². The first-order valence-corrected chi connectivity index (χ1v) is 7.10. The summed E-state index contributed by atoms with van der Waals surface area (Å²) < 4.78 is 0. The summed E-state index contributed by atoms with van der Waals surface area (Å²) in [5.74, 6) is -0.703. The molecule has 6 nitrogen and oxygen atoms in total. The van der Waals surface area contributed by atoms with E-state index in [9.17, 15) is 4.79 Å². The first-order valence-electron chi connectivity index (χ1n) is 7.10. The summed E-state index contributed by atoms with van der Waals surface area (Å²) in [5, 5.41) is 12.0. The first-order chi connectivity index (χ1) is 10.1. The number of hydrogen-bond acceptors (Lipinski definition) is 4. The third-order valence-corrected chi connectivity index (χ3v) is 3.87. The molecule has 2 rings (SSSR count). The maximum atomic E-state index is 12.6. The Morgan fingerprint density at radius 3 is 2.48 bits per heavy atom. The molecule has 1 aromatic carbocycles. The number of likely N-dealkylation sites (N-methyl/N-ethyl adjacent to an activating group) is 1. The Morgan fingerprint density at radius 1 is 1.29 bits per heavy atom. The number of amidine groups is 1. The quantitative estimate of drug-likeness (QED) is 0.363. The number of benzene rings is 1. The van der Waals surface area contributed by atoms with Gasteiger partial charge in [0.1, 0.15) is 5.92 Å². The lowest BCUT2D eigenvalue weighted by Crippen LogP contribution is -2.51. The third-order valence-electron chi connectivity index (χ3n) is 3.87. The SMILES string of the molecule is CN1CCN(C(=O)C(Cc2ccccc2)C(N)=NO)CC1. The van der Waals surface area contributed by atoms with Gasteiger partial charge in [-0.1, -0.05) is 35.5 Å². The molecule has 1 saturated heterocycles. The molecule has 0 spiro atoms. The number of nitrogens with two attached hydrogens (primary N) is 1. The van der Waals surface area contributed by atoms with E-state index < -0.39 is 5.92 Å². The molecule has 0 radical (unpaired) electrons. The van der Waals surface area contributed by atoms with Gasteiger partial charge in [0.25, 0.3) is 0 Å². The van der Waals surface area contributed by atoms with E-state index in [1.165, 1.54) is 0 Å². The molecule has 1 atom stereocenters. The van der Waals surface area contributed by atoms with Crippen molar-refractivity contribution < 1.29 is 10.0 Å². The molecule has 1 amide bonds. The third kappa shape index (κ3) is 3.95. The summed E-state index contributed by atoms with van der Waals surface area (Å²) in [4.78, 5) is 16.6. The minimum Gasteiger partial charge on any atom is -0.409 e. The van der Waals surface area contributed by atoms with E-state index in [-0.39, 0.29) is 11.7 Å². The van der Waals surface area contributed by atoms with Gasteiger partial charge in [-0.3, -0.25) is 4.79 Å². The zero-order valence-electron chi connectivity index (χ0n) is 12.3. The zero-order chi connectivity index (χ0) is 15.2. The fourth-order valence-electron chi connectivity index (χ4n) is 2.49. The molecule has 0 aliphatic carbocycles. The maximum absolute atomic E-state index is 12.6. The van der Waals surface area contributed by atoms with Crippen LogP contribution in [0.1, 0.15) is 5.56 Å². The summed E-state index contributed by atoms with van der Waals surface area (Å²) >= 11 is 0. The van der Waals surface area contributed by atoms with Crippen molar-refractivity contribution >= 4 is 11.7 Å². The van der Waals surface area contributed by atoms with Gasteiger partial charge in [0.15, 0.2) is 5.84 Å². The Bertz CT molecular complexity index is 496. The van der Waals surface area contributed by atoms with Crippen LogP contribution in [0, 0.1) is 5.92 Å². The maximum Gasteiger partial charge on any atom is 0.233 e. The van der Waals surface area contributed by atoms with Crippen molar-refractivity contribution in [3.63, 3.8) is 0 Å². The number of carbonyl (C=O) groups excluding carboxylic acids is 1. The predicted octanol–water partition coefficient (Wildman–Crippen LogP) is 0.366. The Morgan fingerprint density at radius 2 is 1.90 bits per heavy atom. The van der Waals surface area contributed by atoms with Crippen LogP contribution in [0.2, 0.25) is 0 Å². The molecule has 1 unspecified atom stereocenters. The lowest BCUT2D eigenvalue weighted by molar-refractivity contribution is -0.135. The number of nitrogens with zero attached hydrogens (tertiary/aromatic N) is 3. The van der Waals surface area contributed by atoms with Crippen molar-refractivity contribution in [3.05, 3.63) is 35.9 Å². The lowest BCUT2D eigenvalue weighted by atomic mass is 9.96. The lowest BCUT2D eigenvalue weighted by Gasteiger charge is -2.34. The largest absolute Gasteiger partial charge is 0.409 e. The molecule has 1 aromatic rings. The molecule has 1 fully saturated rings. The van der Waals surface area contributed by atoms with Crippen molar-refractivity contribution in [3.8, 4) is 0 Å². The number of piperazine rings is 1. The van der Waals surface area contributed by atoms with E-state index in [0.29, 0.717) is 19.5 Å². The van der Waals surface area contributed by atoms with Crippen LogP contribution in [-0.2, 0) is 11.2 Å². The van der Waals surface area contributed by atoms with Crippen LogP contribution in [0.25, 0.3) is 0 Å². The van der Waals surface area contributed by atoms with Gasteiger partial charge in [-0.25, -0.2) is 0 Å². The van der Waals surface area contributed by atoms with Gasteiger partial charge >= 0.3 is 0 Å². The second-order valence-electron chi connectivity index (χ2n) is 5.40. The molecule has 6 heteroatoms. The van der Waals surface area contributed by atoms with Crippen molar-refractivity contribution in [2.45, 2.75) is 6.42 Å². The molecular formula is C15H22N4O2. The van der Waals surface area contributed by atoms with E-state index >= 15 is 0 Å². The number of carbonyl (C=O) groups is 1. The highest BCUT2D eigenvalue weighted by Crippen LogP contribution is 2.14. The Balaban J connectivity index is 2.10. The number of oxime groups is 1. The summed E-state index contributed by atoms with van der Waals surface area (Å²) in [6.07, 6.45) is 0.446. The summed E-state index contributed by atoms with van der Waals surface area (Å²) in [7, 11) is 2.03. The molecule has 21 heavy (non-hydrogen) atoms. The fourth-order valence-corrected chi connectivity index (χ4v) is 2.49. The molecule has 1 heterocycles. The van der Waals surface area contributed by atoms with Crippen LogP contribution in [-0.4, -0.2) is 60.0 Å². The van der Waals surface area contributed by atoms with E-state index in [1.54, 1.807) is 4.90 Å². The van der Waals surface area contributed by atoms with Gasteiger partial charge in [0, 0.05) is 26.2 Å². The van der Waals surface area contributed by atoms with Crippen LogP contribution in [0.4, 0.5) is 0 Å². The fraction of sp³-hybridized carbons (Fsp3) is 0.467. The second kappa shape index (κ2) is 7.08. The van der Waals surface area contributed by atoms with Crippen LogP contribution in [0.5, 0.6) is 0 Å². The normalized spacial score (nSPS) is 18.5. The molecular weight excluding hydrogens is 268 g/mol. The summed E-state index contributed by atoms with van der Waals surface area (Å²) in [6.45, 7) is 3.05. The number of amides is 1. The number of rotatable bonds is 4. The first kappa shape index (κ1) is 15.3. The highest BCUT2D eigenvalue weighted by Gasteiger charge is 2.29. The minimum absolute atomic E-state index is 0.0252. The van der Waals surface area contributed by atoms with Gasteiger partial charge in [-0.2, -0.15) is 0 Å². The van der Waals surface area contributed by atoms with Crippen LogP contribution in [0.3, 0.4) is 0 Å². The molecule has 114 valence electrons. The highest BCUT2D eigenvalue weighted by molar-refractivity contribution is 6.02. The molecule has 3 N–H and O–H groups in total. The van der Waals surface area contributed by atoms with Gasteiger partial charge in [0.2, 0.25) is 5.91 Å². The van der Waals surface area contributed by atoms with Gasteiger partial charge in [-0.05, 0) is 19.0 Å². The van der Waals surface area contributed by atoms with Crippen LogP contribution >= 0.6 is 0 Å². The van der Waals surface area contributed by atoms with Gasteiger partial charge < -0.3 is 20.7 Å².